The van der Waals surface area contributed by atoms with Crippen LogP contribution in [-0.2, 0) is 19.7 Å². The van der Waals surface area contributed by atoms with E-state index in [1.165, 1.54) is 11.8 Å². The van der Waals surface area contributed by atoms with Crippen molar-refractivity contribution in [3.8, 4) is 0 Å². The number of hydrogen-bond acceptors (Lipinski definition) is 6. The highest BCUT2D eigenvalue weighted by atomic mass is 32.2. The number of ether oxygens (including phenoxy) is 1. The fourth-order valence-electron chi connectivity index (χ4n) is 1.75. The third-order valence-corrected chi connectivity index (χ3v) is 5.58. The molecule has 1 heterocycles. The zero-order valence-electron chi connectivity index (χ0n) is 11.4. The molecular formula is C10H18N2O6S2. The number of thioether (sulfide) groups is 1. The minimum Gasteiger partial charge on any atom is -0.480 e. The van der Waals surface area contributed by atoms with Crippen molar-refractivity contribution in [3.05, 3.63) is 0 Å². The normalized spacial score (nSPS) is 23.8. The lowest BCUT2D eigenvalue weighted by Gasteiger charge is -2.25. The zero-order chi connectivity index (χ0) is 15.5. The minimum atomic E-state index is -4.25. The van der Waals surface area contributed by atoms with Crippen molar-refractivity contribution >= 4 is 34.0 Å². The van der Waals surface area contributed by atoms with E-state index < -0.39 is 39.8 Å². The van der Waals surface area contributed by atoms with Crippen molar-refractivity contribution < 1.29 is 27.9 Å². The molecule has 2 unspecified atom stereocenters. The molecule has 1 fully saturated rings. The first kappa shape index (κ1) is 17.1. The Bertz CT molecular complexity index is 478. The van der Waals surface area contributed by atoms with Crippen molar-refractivity contribution in [3.63, 3.8) is 0 Å². The molecule has 0 bridgehead atoms. The Hall–Kier alpha value is -1.00. The summed E-state index contributed by atoms with van der Waals surface area (Å²) in [4.78, 5) is 22.5. The molecule has 0 spiro atoms. The van der Waals surface area contributed by atoms with Crippen molar-refractivity contribution in [1.29, 1.82) is 0 Å². The summed E-state index contributed by atoms with van der Waals surface area (Å²) < 4.78 is 31.6. The second kappa shape index (κ2) is 6.64. The smallest absolute Gasteiger partial charge is 0.422 e. The van der Waals surface area contributed by atoms with E-state index in [0.717, 1.165) is 4.31 Å². The number of carboxylic acid groups (broad SMARTS) is 1. The van der Waals surface area contributed by atoms with Gasteiger partial charge in [0.2, 0.25) is 0 Å². The first-order valence-electron chi connectivity index (χ1n) is 6.05. The van der Waals surface area contributed by atoms with E-state index in [4.69, 9.17) is 9.84 Å². The maximum absolute atomic E-state index is 12.1. The van der Waals surface area contributed by atoms with Gasteiger partial charge < -0.3 is 9.84 Å². The van der Waals surface area contributed by atoms with Gasteiger partial charge in [0.15, 0.2) is 0 Å². The zero-order valence-corrected chi connectivity index (χ0v) is 13.0. The SMILES string of the molecule is CCC1SCC(C(=O)O)N1S(=O)(=O)NC(=O)OC(C)C. The fourth-order valence-corrected chi connectivity index (χ4v) is 4.92. The van der Waals surface area contributed by atoms with E-state index in [1.807, 2.05) is 0 Å². The standard InChI is InChI=1S/C10H18N2O6S2/c1-4-8-12(7(5-19-8)9(13)14)20(16,17)11-10(15)18-6(2)3/h6-8H,4-5H2,1-3H3,(H,11,15)(H,13,14). The number of aliphatic carboxylic acids is 1. The van der Waals surface area contributed by atoms with Gasteiger partial charge in [-0.25, -0.2) is 9.52 Å². The molecule has 1 saturated heterocycles. The summed E-state index contributed by atoms with van der Waals surface area (Å²) in [7, 11) is -4.25. The van der Waals surface area contributed by atoms with E-state index in [-0.39, 0.29) is 5.75 Å². The average Bonchev–Trinajstić information content (AvgIpc) is 2.70. The first-order chi connectivity index (χ1) is 9.19. The average molecular weight is 326 g/mol. The second-order valence-corrected chi connectivity index (χ2v) is 7.23. The molecule has 1 amide bonds. The Balaban J connectivity index is 2.92. The maximum atomic E-state index is 12.1. The summed E-state index contributed by atoms with van der Waals surface area (Å²) in [6.07, 6.45) is -1.15. The van der Waals surface area contributed by atoms with Crippen LogP contribution in [0.15, 0.2) is 0 Å². The van der Waals surface area contributed by atoms with Gasteiger partial charge >= 0.3 is 22.3 Å². The number of amides is 1. The monoisotopic (exact) mass is 326 g/mol. The lowest BCUT2D eigenvalue weighted by molar-refractivity contribution is -0.140. The molecule has 0 radical (unpaired) electrons. The number of nitrogens with zero attached hydrogens (tertiary/aromatic N) is 1. The molecule has 2 atom stereocenters. The van der Waals surface area contributed by atoms with Crippen LogP contribution in [-0.4, -0.2) is 53.2 Å². The summed E-state index contributed by atoms with van der Waals surface area (Å²) >= 11 is 1.23. The number of rotatable bonds is 5. The highest BCUT2D eigenvalue weighted by molar-refractivity contribution is 8.01. The molecule has 0 saturated carbocycles. The summed E-state index contributed by atoms with van der Waals surface area (Å²) in [5.41, 5.74) is 0. The quantitative estimate of drug-likeness (QED) is 0.760. The molecule has 1 aliphatic heterocycles. The molecule has 1 rings (SSSR count). The molecule has 0 aromatic rings. The van der Waals surface area contributed by atoms with Gasteiger partial charge in [0.1, 0.15) is 6.04 Å². The number of nitrogens with one attached hydrogen (secondary N) is 1. The topological polar surface area (TPSA) is 113 Å². The maximum Gasteiger partial charge on any atom is 0.422 e. The molecule has 0 aromatic heterocycles. The van der Waals surface area contributed by atoms with Crippen LogP contribution in [0.1, 0.15) is 27.2 Å². The molecule has 0 aromatic carbocycles. The van der Waals surface area contributed by atoms with Crippen molar-refractivity contribution in [2.75, 3.05) is 5.75 Å². The van der Waals surface area contributed by atoms with Crippen LogP contribution in [0.5, 0.6) is 0 Å². The summed E-state index contributed by atoms with van der Waals surface area (Å²) in [6.45, 7) is 4.90. The Kier molecular flexibility index (Phi) is 5.66. The predicted octanol–water partition coefficient (Wildman–Crippen LogP) is 0.604. The van der Waals surface area contributed by atoms with Crippen molar-refractivity contribution in [2.24, 2.45) is 0 Å². The number of hydrogen-bond donors (Lipinski definition) is 2. The van der Waals surface area contributed by atoms with Crippen LogP contribution in [0.2, 0.25) is 0 Å². The van der Waals surface area contributed by atoms with Crippen molar-refractivity contribution in [2.45, 2.75) is 44.7 Å². The third kappa shape index (κ3) is 4.00. The molecule has 20 heavy (non-hydrogen) atoms. The first-order valence-corrected chi connectivity index (χ1v) is 8.54. The van der Waals surface area contributed by atoms with Gasteiger partial charge in [-0.1, -0.05) is 6.92 Å². The van der Waals surface area contributed by atoms with Crippen molar-refractivity contribution in [1.82, 2.24) is 9.03 Å². The van der Waals surface area contributed by atoms with Gasteiger partial charge in [-0.15, -0.1) is 11.8 Å². The van der Waals surface area contributed by atoms with Gasteiger partial charge in [-0.05, 0) is 20.3 Å². The van der Waals surface area contributed by atoms with Gasteiger partial charge in [-0.3, -0.25) is 4.79 Å². The number of carboxylic acids is 1. The highest BCUT2D eigenvalue weighted by Crippen LogP contribution is 2.33. The van der Waals surface area contributed by atoms with Gasteiger partial charge in [0.05, 0.1) is 11.5 Å². The molecular weight excluding hydrogens is 308 g/mol. The second-order valence-electron chi connectivity index (χ2n) is 4.44. The van der Waals surface area contributed by atoms with Crippen LogP contribution in [0.25, 0.3) is 0 Å². The van der Waals surface area contributed by atoms with E-state index in [9.17, 15) is 18.0 Å². The summed E-state index contributed by atoms with van der Waals surface area (Å²) in [5, 5.41) is 8.56. The minimum absolute atomic E-state index is 0.147. The lowest BCUT2D eigenvalue weighted by atomic mass is 10.3. The Morgan fingerprint density at radius 1 is 1.50 bits per heavy atom. The van der Waals surface area contributed by atoms with E-state index in [1.54, 1.807) is 25.5 Å². The highest BCUT2D eigenvalue weighted by Gasteiger charge is 2.45. The van der Waals surface area contributed by atoms with Gasteiger partial charge in [0, 0.05) is 5.75 Å². The van der Waals surface area contributed by atoms with Crippen LogP contribution in [0.4, 0.5) is 4.79 Å². The van der Waals surface area contributed by atoms with Crippen LogP contribution in [0, 0.1) is 0 Å². The Labute approximate surface area is 122 Å². The van der Waals surface area contributed by atoms with E-state index in [0.29, 0.717) is 6.42 Å². The third-order valence-electron chi connectivity index (χ3n) is 2.50. The van der Waals surface area contributed by atoms with E-state index in [2.05, 4.69) is 0 Å². The number of carbonyl (C=O) groups excluding carboxylic acids is 1. The molecule has 10 heteroatoms. The molecule has 1 aliphatic rings. The van der Waals surface area contributed by atoms with Crippen LogP contribution in [0.3, 0.4) is 0 Å². The van der Waals surface area contributed by atoms with Gasteiger partial charge in [-0.2, -0.15) is 12.7 Å². The number of carbonyl (C=O) groups is 2. The van der Waals surface area contributed by atoms with Crippen LogP contribution >= 0.6 is 11.8 Å². The Morgan fingerprint density at radius 3 is 2.55 bits per heavy atom. The van der Waals surface area contributed by atoms with Crippen LogP contribution < -0.4 is 4.72 Å². The predicted molar refractivity (Wildman–Crippen MR) is 73.5 cm³/mol. The lowest BCUT2D eigenvalue weighted by Crippen LogP contribution is -2.52. The van der Waals surface area contributed by atoms with E-state index >= 15 is 0 Å². The molecule has 8 nitrogen and oxygen atoms in total. The summed E-state index contributed by atoms with van der Waals surface area (Å²) in [5.74, 6) is -1.09. The van der Waals surface area contributed by atoms with Gasteiger partial charge in [0.25, 0.3) is 0 Å². The largest absolute Gasteiger partial charge is 0.480 e. The molecule has 2 N–H and O–H groups in total. The summed E-state index contributed by atoms with van der Waals surface area (Å²) in [6, 6.07) is -1.19. The molecule has 0 aliphatic carbocycles. The fraction of sp³-hybridized carbons (Fsp3) is 0.800. The molecule has 116 valence electrons. The Morgan fingerprint density at radius 2 is 2.10 bits per heavy atom.